The molecular formula is C30H46O4. The van der Waals surface area contributed by atoms with Crippen LogP contribution >= 0.6 is 0 Å². The molecular weight excluding hydrogens is 424 g/mol. The highest BCUT2D eigenvalue weighted by atomic mass is 16.3. The second-order valence-corrected chi connectivity index (χ2v) is 12.6. The summed E-state index contributed by atoms with van der Waals surface area (Å²) in [5.74, 6) is 1.29. The van der Waals surface area contributed by atoms with Gasteiger partial charge in [0.05, 0.1) is 23.7 Å². The standard InChI is InChI=1S/C30H46O4/c1-5-26(33)30(15-16-30)27(34)12-14-28(2,3)25-11-10-24-21(7-6-13-29(24,25)4)9-8-20-17-22(31)19-23(32)18-20/h8-9,12,14,22-25,27,31-32,34H,5-7,10-11,13,15-19H2,1-4H3/t22-,23-,24+,25-,27-,29+/m1/s1. The topological polar surface area (TPSA) is 77.8 Å². The highest BCUT2D eigenvalue weighted by Gasteiger charge is 2.55. The number of fused-ring (bicyclic) bond motifs is 1. The van der Waals surface area contributed by atoms with Gasteiger partial charge in [-0.15, -0.1) is 0 Å². The molecule has 0 aromatic carbocycles. The molecule has 4 rings (SSSR count). The Hall–Kier alpha value is -1.23. The normalized spacial score (nSPS) is 37.6. The number of ketones is 1. The Balaban J connectivity index is 1.49. The van der Waals surface area contributed by atoms with Gasteiger partial charge in [0, 0.05) is 6.42 Å². The summed E-state index contributed by atoms with van der Waals surface area (Å²) in [7, 11) is 0. The highest BCUT2D eigenvalue weighted by molar-refractivity contribution is 5.88. The number of rotatable bonds is 7. The zero-order valence-corrected chi connectivity index (χ0v) is 21.7. The van der Waals surface area contributed by atoms with E-state index in [2.05, 4.69) is 39.0 Å². The van der Waals surface area contributed by atoms with Crippen LogP contribution < -0.4 is 0 Å². The Labute approximate surface area is 206 Å². The molecule has 4 heteroatoms. The molecule has 4 aliphatic rings. The molecule has 0 amide bonds. The molecule has 0 heterocycles. The first kappa shape index (κ1) is 25.9. The zero-order chi connectivity index (χ0) is 24.7. The van der Waals surface area contributed by atoms with Crippen LogP contribution in [0.4, 0.5) is 0 Å². The number of carbonyl (C=O) groups excluding carboxylic acids is 1. The minimum atomic E-state index is -0.668. The molecule has 0 aromatic rings. The van der Waals surface area contributed by atoms with Gasteiger partial charge in [-0.2, -0.15) is 0 Å². The van der Waals surface area contributed by atoms with Gasteiger partial charge >= 0.3 is 0 Å². The van der Waals surface area contributed by atoms with E-state index in [-0.39, 0.29) is 16.6 Å². The molecule has 190 valence electrons. The molecule has 0 saturated heterocycles. The van der Waals surface area contributed by atoms with Crippen molar-refractivity contribution in [1.82, 2.24) is 0 Å². The maximum Gasteiger partial charge on any atom is 0.141 e. The Bertz CT molecular complexity index is 849. The predicted molar refractivity (Wildman–Crippen MR) is 136 cm³/mol. The fraction of sp³-hybridized carbons (Fsp3) is 0.767. The Morgan fingerprint density at radius 3 is 2.41 bits per heavy atom. The van der Waals surface area contributed by atoms with Crippen LogP contribution in [0.25, 0.3) is 0 Å². The highest BCUT2D eigenvalue weighted by Crippen LogP contribution is 2.62. The number of carbonyl (C=O) groups is 1. The summed E-state index contributed by atoms with van der Waals surface area (Å²) in [6.45, 7) is 8.98. The molecule has 0 bridgehead atoms. The van der Waals surface area contributed by atoms with Gasteiger partial charge in [-0.05, 0) is 86.9 Å². The maximum absolute atomic E-state index is 12.4. The lowest BCUT2D eigenvalue weighted by molar-refractivity contribution is -0.126. The quantitative estimate of drug-likeness (QED) is 0.419. The molecule has 3 N–H and O–H groups in total. The van der Waals surface area contributed by atoms with Crippen molar-refractivity contribution in [3.63, 3.8) is 0 Å². The number of allylic oxidation sites excluding steroid dienone is 4. The van der Waals surface area contributed by atoms with Crippen LogP contribution in [0.2, 0.25) is 0 Å². The first-order valence-corrected chi connectivity index (χ1v) is 13.7. The minimum Gasteiger partial charge on any atom is -0.393 e. The van der Waals surface area contributed by atoms with Gasteiger partial charge in [0.1, 0.15) is 5.78 Å². The first-order chi connectivity index (χ1) is 16.0. The van der Waals surface area contributed by atoms with Crippen LogP contribution in [-0.2, 0) is 4.79 Å². The van der Waals surface area contributed by atoms with Crippen LogP contribution in [-0.4, -0.2) is 39.4 Å². The van der Waals surface area contributed by atoms with Gasteiger partial charge in [0.25, 0.3) is 0 Å². The molecule has 4 aliphatic carbocycles. The third kappa shape index (κ3) is 4.88. The van der Waals surface area contributed by atoms with Crippen molar-refractivity contribution in [2.75, 3.05) is 0 Å². The van der Waals surface area contributed by atoms with Crippen LogP contribution in [0, 0.1) is 28.1 Å². The molecule has 4 fully saturated rings. The third-order valence-corrected chi connectivity index (χ3v) is 9.87. The van der Waals surface area contributed by atoms with Crippen molar-refractivity contribution in [2.24, 2.45) is 28.1 Å². The Morgan fingerprint density at radius 2 is 1.79 bits per heavy atom. The summed E-state index contributed by atoms with van der Waals surface area (Å²) in [6.07, 6.45) is 17.0. The van der Waals surface area contributed by atoms with Crippen molar-refractivity contribution >= 4 is 5.78 Å². The fourth-order valence-electron chi connectivity index (χ4n) is 7.86. The smallest absolute Gasteiger partial charge is 0.141 e. The summed E-state index contributed by atoms with van der Waals surface area (Å²) in [6, 6.07) is 0. The lowest BCUT2D eigenvalue weighted by Gasteiger charge is -2.47. The summed E-state index contributed by atoms with van der Waals surface area (Å²) < 4.78 is 0. The zero-order valence-electron chi connectivity index (χ0n) is 21.7. The van der Waals surface area contributed by atoms with E-state index >= 15 is 0 Å². The number of hydrogen-bond donors (Lipinski definition) is 3. The van der Waals surface area contributed by atoms with E-state index in [9.17, 15) is 20.1 Å². The molecule has 0 unspecified atom stereocenters. The predicted octanol–water partition coefficient (Wildman–Crippen LogP) is 5.66. The summed E-state index contributed by atoms with van der Waals surface area (Å²) in [4.78, 5) is 12.4. The van der Waals surface area contributed by atoms with Crippen molar-refractivity contribution in [3.05, 3.63) is 35.5 Å². The van der Waals surface area contributed by atoms with Gasteiger partial charge in [-0.1, -0.05) is 63.1 Å². The number of aliphatic hydroxyl groups excluding tert-OH is 3. The van der Waals surface area contributed by atoms with Crippen LogP contribution in [0.1, 0.15) is 98.3 Å². The monoisotopic (exact) mass is 470 g/mol. The lowest BCUT2D eigenvalue weighted by Crippen LogP contribution is -2.39. The van der Waals surface area contributed by atoms with Crippen LogP contribution in [0.3, 0.4) is 0 Å². The van der Waals surface area contributed by atoms with E-state index in [1.807, 2.05) is 13.0 Å². The van der Waals surface area contributed by atoms with E-state index in [1.54, 1.807) is 0 Å². The molecule has 0 aliphatic heterocycles. The van der Waals surface area contributed by atoms with Crippen molar-refractivity contribution < 1.29 is 20.1 Å². The Kier molecular flexibility index (Phi) is 7.35. The second kappa shape index (κ2) is 9.67. The SMILES string of the molecule is CCC(=O)C1([C@H](O)C=CC(C)(C)[C@H]2CC[C@H]3C(=CC=C4C[C@@H](O)C[C@H](O)C4)CCC[C@]23C)CC1. The van der Waals surface area contributed by atoms with Gasteiger partial charge in [0.2, 0.25) is 0 Å². The average molecular weight is 471 g/mol. The number of aliphatic hydroxyl groups is 3. The van der Waals surface area contributed by atoms with E-state index < -0.39 is 23.7 Å². The maximum atomic E-state index is 12.4. The number of Topliss-reactive ketones (excluding diaryl/α,β-unsaturated/α-hetero) is 1. The number of hydrogen-bond acceptors (Lipinski definition) is 4. The van der Waals surface area contributed by atoms with E-state index in [4.69, 9.17) is 0 Å². The lowest BCUT2D eigenvalue weighted by atomic mass is 9.57. The van der Waals surface area contributed by atoms with Crippen molar-refractivity contribution in [3.8, 4) is 0 Å². The largest absolute Gasteiger partial charge is 0.393 e. The third-order valence-electron chi connectivity index (χ3n) is 9.87. The molecule has 34 heavy (non-hydrogen) atoms. The van der Waals surface area contributed by atoms with Crippen molar-refractivity contribution in [2.45, 2.75) is 117 Å². The van der Waals surface area contributed by atoms with Crippen molar-refractivity contribution in [1.29, 1.82) is 0 Å². The molecule has 0 spiro atoms. The van der Waals surface area contributed by atoms with Gasteiger partial charge in [-0.25, -0.2) is 0 Å². The fourth-order valence-corrected chi connectivity index (χ4v) is 7.86. The minimum absolute atomic E-state index is 0.0473. The summed E-state index contributed by atoms with van der Waals surface area (Å²) in [5.41, 5.74) is 2.35. The first-order valence-electron chi connectivity index (χ1n) is 13.7. The molecule has 0 radical (unpaired) electrons. The summed E-state index contributed by atoms with van der Waals surface area (Å²) in [5, 5.41) is 30.9. The second-order valence-electron chi connectivity index (χ2n) is 12.6. The summed E-state index contributed by atoms with van der Waals surface area (Å²) >= 11 is 0. The van der Waals surface area contributed by atoms with E-state index in [0.29, 0.717) is 37.5 Å². The van der Waals surface area contributed by atoms with E-state index in [0.717, 1.165) is 24.8 Å². The Morgan fingerprint density at radius 1 is 1.12 bits per heavy atom. The average Bonchev–Trinajstić information content (AvgIpc) is 3.50. The van der Waals surface area contributed by atoms with Gasteiger partial charge in [-0.3, -0.25) is 4.79 Å². The van der Waals surface area contributed by atoms with Gasteiger partial charge in [0.15, 0.2) is 0 Å². The molecule has 4 saturated carbocycles. The van der Waals surface area contributed by atoms with Gasteiger partial charge < -0.3 is 15.3 Å². The van der Waals surface area contributed by atoms with E-state index in [1.165, 1.54) is 31.3 Å². The molecule has 0 aromatic heterocycles. The molecule has 6 atom stereocenters. The van der Waals surface area contributed by atoms with Crippen LogP contribution in [0.15, 0.2) is 35.5 Å². The van der Waals surface area contributed by atoms with Crippen LogP contribution in [0.5, 0.6) is 0 Å². The molecule has 4 nitrogen and oxygen atoms in total.